The van der Waals surface area contributed by atoms with Gasteiger partial charge in [-0.3, -0.25) is 4.79 Å². The normalized spacial score (nSPS) is 20.3. The Morgan fingerprint density at radius 1 is 1.35 bits per heavy atom. The van der Waals surface area contributed by atoms with E-state index in [1.807, 2.05) is 29.5 Å². The molecule has 2 aliphatic heterocycles. The number of aromatic amines is 1. The summed E-state index contributed by atoms with van der Waals surface area (Å²) in [4.78, 5) is 22.0. The number of nitrogens with zero attached hydrogens (tertiary/aromatic N) is 2. The second-order valence-electron chi connectivity index (χ2n) is 5.95. The predicted molar refractivity (Wildman–Crippen MR) is 86.4 cm³/mol. The van der Waals surface area contributed by atoms with Crippen LogP contribution in [0.5, 0.6) is 0 Å². The van der Waals surface area contributed by atoms with Gasteiger partial charge in [0.1, 0.15) is 5.69 Å². The minimum Gasteiger partial charge on any atom is -0.357 e. The molecular formula is C16H19N3O3S. The van der Waals surface area contributed by atoms with Crippen molar-refractivity contribution in [3.63, 3.8) is 0 Å². The van der Waals surface area contributed by atoms with E-state index in [2.05, 4.69) is 9.97 Å². The summed E-state index contributed by atoms with van der Waals surface area (Å²) in [6, 6.07) is 1.88. The molecule has 1 spiro atoms. The molecule has 0 saturated carbocycles. The topological polar surface area (TPSA) is 67.5 Å². The van der Waals surface area contributed by atoms with Crippen molar-refractivity contribution in [3.8, 4) is 11.3 Å². The fraction of sp³-hybridized carbons (Fsp3) is 0.500. The Hall–Kier alpha value is -1.70. The molecule has 7 heteroatoms. The number of piperidine rings is 1. The van der Waals surface area contributed by atoms with E-state index in [9.17, 15) is 4.79 Å². The number of likely N-dealkylation sites (tertiary alicyclic amines) is 1. The SMILES string of the molecule is Cc1nc(-c2c[nH]c(C(=O)N3CCC4(CC3)OCCO4)c2)cs1. The first-order valence-corrected chi connectivity index (χ1v) is 8.71. The minimum absolute atomic E-state index is 0.0241. The third kappa shape index (κ3) is 2.80. The highest BCUT2D eigenvalue weighted by Crippen LogP contribution is 2.32. The van der Waals surface area contributed by atoms with Gasteiger partial charge in [-0.25, -0.2) is 4.98 Å². The molecule has 2 fully saturated rings. The Balaban J connectivity index is 1.44. The van der Waals surface area contributed by atoms with Gasteiger partial charge >= 0.3 is 0 Å². The van der Waals surface area contributed by atoms with Crippen LogP contribution < -0.4 is 0 Å². The monoisotopic (exact) mass is 333 g/mol. The van der Waals surface area contributed by atoms with Crippen molar-refractivity contribution in [2.24, 2.45) is 0 Å². The Bertz CT molecular complexity index is 708. The van der Waals surface area contributed by atoms with Crippen molar-refractivity contribution in [1.29, 1.82) is 0 Å². The van der Waals surface area contributed by atoms with E-state index in [0.29, 0.717) is 32.0 Å². The van der Waals surface area contributed by atoms with Gasteiger partial charge in [0.2, 0.25) is 0 Å². The van der Waals surface area contributed by atoms with Gasteiger partial charge in [0.05, 0.1) is 23.9 Å². The number of hydrogen-bond acceptors (Lipinski definition) is 5. The summed E-state index contributed by atoms with van der Waals surface area (Å²) < 4.78 is 11.4. The first-order chi connectivity index (χ1) is 11.2. The van der Waals surface area contributed by atoms with Crippen LogP contribution in [-0.2, 0) is 9.47 Å². The predicted octanol–water partition coefficient (Wildman–Crippen LogP) is 2.43. The Kier molecular flexibility index (Phi) is 3.71. The number of amides is 1. The molecule has 4 heterocycles. The Morgan fingerprint density at radius 2 is 2.09 bits per heavy atom. The Morgan fingerprint density at radius 3 is 2.74 bits per heavy atom. The largest absolute Gasteiger partial charge is 0.357 e. The van der Waals surface area contributed by atoms with Crippen molar-refractivity contribution in [2.75, 3.05) is 26.3 Å². The summed E-state index contributed by atoms with van der Waals surface area (Å²) in [7, 11) is 0. The second kappa shape index (κ2) is 5.74. The Labute approximate surface area is 138 Å². The number of ether oxygens (including phenoxy) is 2. The van der Waals surface area contributed by atoms with Crippen LogP contribution in [-0.4, -0.2) is 52.9 Å². The van der Waals surface area contributed by atoms with Gasteiger partial charge in [-0.15, -0.1) is 11.3 Å². The van der Waals surface area contributed by atoms with Gasteiger partial charge in [0, 0.05) is 43.1 Å². The number of carbonyl (C=O) groups excluding carboxylic acids is 1. The standard InChI is InChI=1S/C16H19N3O3S/c1-11-18-14(10-23-11)12-8-13(17-9-12)15(20)19-4-2-16(3-5-19)21-6-7-22-16/h8-10,17H,2-7H2,1H3. The van der Waals surface area contributed by atoms with Crippen LogP contribution in [0, 0.1) is 6.92 Å². The second-order valence-corrected chi connectivity index (χ2v) is 7.02. The van der Waals surface area contributed by atoms with Crippen molar-refractivity contribution in [1.82, 2.24) is 14.9 Å². The van der Waals surface area contributed by atoms with Gasteiger partial charge in [-0.05, 0) is 13.0 Å². The first kappa shape index (κ1) is 14.9. The van der Waals surface area contributed by atoms with E-state index in [4.69, 9.17) is 9.47 Å². The fourth-order valence-electron chi connectivity index (χ4n) is 3.17. The maximum atomic E-state index is 12.6. The van der Waals surface area contributed by atoms with Crippen LogP contribution in [0.25, 0.3) is 11.3 Å². The summed E-state index contributed by atoms with van der Waals surface area (Å²) in [5, 5.41) is 3.03. The maximum Gasteiger partial charge on any atom is 0.270 e. The molecule has 2 aliphatic rings. The van der Waals surface area contributed by atoms with E-state index in [0.717, 1.165) is 29.1 Å². The quantitative estimate of drug-likeness (QED) is 0.916. The molecule has 1 amide bonds. The van der Waals surface area contributed by atoms with Crippen molar-refractivity contribution in [2.45, 2.75) is 25.6 Å². The van der Waals surface area contributed by atoms with E-state index in [1.165, 1.54) is 0 Å². The lowest BCUT2D eigenvalue weighted by atomic mass is 10.0. The molecule has 2 aromatic heterocycles. The molecule has 0 atom stereocenters. The number of aryl methyl sites for hydroxylation is 1. The number of H-pyrrole nitrogens is 1. The molecule has 122 valence electrons. The lowest BCUT2D eigenvalue weighted by molar-refractivity contribution is -0.181. The molecule has 0 unspecified atom stereocenters. The summed E-state index contributed by atoms with van der Waals surface area (Å²) in [5.74, 6) is -0.424. The zero-order chi connectivity index (χ0) is 15.9. The zero-order valence-electron chi connectivity index (χ0n) is 13.0. The van der Waals surface area contributed by atoms with Crippen LogP contribution in [0.1, 0.15) is 28.3 Å². The number of carbonyl (C=O) groups is 1. The number of rotatable bonds is 2. The zero-order valence-corrected chi connectivity index (χ0v) is 13.8. The molecule has 0 aliphatic carbocycles. The average molecular weight is 333 g/mol. The van der Waals surface area contributed by atoms with Crippen molar-refractivity contribution >= 4 is 17.2 Å². The molecule has 23 heavy (non-hydrogen) atoms. The summed E-state index contributed by atoms with van der Waals surface area (Å²) >= 11 is 1.61. The minimum atomic E-state index is -0.449. The fourth-order valence-corrected chi connectivity index (χ4v) is 3.79. The van der Waals surface area contributed by atoms with E-state index in [-0.39, 0.29) is 5.91 Å². The van der Waals surface area contributed by atoms with Gasteiger partial charge < -0.3 is 19.4 Å². The smallest absolute Gasteiger partial charge is 0.270 e. The summed E-state index contributed by atoms with van der Waals surface area (Å²) in [6.45, 7) is 4.59. The highest BCUT2D eigenvalue weighted by Gasteiger charge is 2.41. The van der Waals surface area contributed by atoms with E-state index in [1.54, 1.807) is 11.3 Å². The third-order valence-electron chi connectivity index (χ3n) is 4.45. The molecule has 0 aromatic carbocycles. The lowest BCUT2D eigenvalue weighted by Crippen LogP contribution is -2.47. The van der Waals surface area contributed by atoms with E-state index >= 15 is 0 Å². The van der Waals surface area contributed by atoms with Gasteiger partial charge in [0.25, 0.3) is 5.91 Å². The van der Waals surface area contributed by atoms with Crippen LogP contribution in [0.4, 0.5) is 0 Å². The first-order valence-electron chi connectivity index (χ1n) is 7.83. The third-order valence-corrected chi connectivity index (χ3v) is 5.23. The molecule has 2 aromatic rings. The van der Waals surface area contributed by atoms with Crippen LogP contribution >= 0.6 is 11.3 Å². The summed E-state index contributed by atoms with van der Waals surface area (Å²) in [6.07, 6.45) is 3.31. The molecule has 6 nitrogen and oxygen atoms in total. The van der Waals surface area contributed by atoms with Gasteiger partial charge in [0.15, 0.2) is 5.79 Å². The van der Waals surface area contributed by atoms with Crippen molar-refractivity contribution < 1.29 is 14.3 Å². The number of aromatic nitrogens is 2. The molecule has 0 radical (unpaired) electrons. The van der Waals surface area contributed by atoms with Crippen molar-refractivity contribution in [3.05, 3.63) is 28.3 Å². The molecule has 1 N–H and O–H groups in total. The number of nitrogens with one attached hydrogen (secondary N) is 1. The number of thiazole rings is 1. The van der Waals surface area contributed by atoms with Crippen LogP contribution in [0.3, 0.4) is 0 Å². The number of hydrogen-bond donors (Lipinski definition) is 1. The maximum absolute atomic E-state index is 12.6. The summed E-state index contributed by atoms with van der Waals surface area (Å²) in [5.41, 5.74) is 2.47. The van der Waals surface area contributed by atoms with Crippen LogP contribution in [0.15, 0.2) is 17.6 Å². The highest BCUT2D eigenvalue weighted by molar-refractivity contribution is 7.09. The van der Waals surface area contributed by atoms with Gasteiger partial charge in [-0.2, -0.15) is 0 Å². The van der Waals surface area contributed by atoms with E-state index < -0.39 is 5.79 Å². The highest BCUT2D eigenvalue weighted by atomic mass is 32.1. The molecule has 0 bridgehead atoms. The molecular weight excluding hydrogens is 314 g/mol. The average Bonchev–Trinajstić information content (AvgIpc) is 3.28. The van der Waals surface area contributed by atoms with Crippen LogP contribution in [0.2, 0.25) is 0 Å². The molecule has 4 rings (SSSR count). The molecule has 2 saturated heterocycles. The lowest BCUT2D eigenvalue weighted by Gasteiger charge is -2.37. The van der Waals surface area contributed by atoms with Gasteiger partial charge in [-0.1, -0.05) is 0 Å².